The Morgan fingerprint density at radius 1 is 1.26 bits per heavy atom. The number of hydrogen-bond donors (Lipinski definition) is 1. The smallest absolute Gasteiger partial charge is 0.224 e. The van der Waals surface area contributed by atoms with Gasteiger partial charge < -0.3 is 5.32 Å². The molecule has 0 aliphatic rings. The molecular weight excluding hydrogens is 236 g/mol. The molecule has 0 aliphatic heterocycles. The van der Waals surface area contributed by atoms with Crippen molar-refractivity contribution >= 4 is 16.7 Å². The second-order valence-corrected chi connectivity index (χ2v) is 4.65. The minimum absolute atomic E-state index is 0.0431. The summed E-state index contributed by atoms with van der Waals surface area (Å²) in [6, 6.07) is 16.1. The standard InChI is InChI=1S/C16H16N2O/c1-12(10-17)11-18-16(19)9-14-7-4-6-13-5-2-3-8-15(13)14/h2-8,12H,9,11H2,1H3,(H,18,19). The lowest BCUT2D eigenvalue weighted by Crippen LogP contribution is -2.29. The highest BCUT2D eigenvalue weighted by atomic mass is 16.1. The van der Waals surface area contributed by atoms with Gasteiger partial charge in [-0.15, -0.1) is 0 Å². The lowest BCUT2D eigenvalue weighted by molar-refractivity contribution is -0.120. The van der Waals surface area contributed by atoms with Crippen LogP contribution >= 0.6 is 0 Å². The van der Waals surface area contributed by atoms with Gasteiger partial charge in [-0.05, 0) is 23.3 Å². The van der Waals surface area contributed by atoms with E-state index in [1.165, 1.54) is 0 Å². The number of carbonyl (C=O) groups excluding carboxylic acids is 1. The Morgan fingerprint density at radius 2 is 2.00 bits per heavy atom. The summed E-state index contributed by atoms with van der Waals surface area (Å²) in [5, 5.41) is 13.7. The van der Waals surface area contributed by atoms with Gasteiger partial charge in [0.2, 0.25) is 5.91 Å². The predicted molar refractivity (Wildman–Crippen MR) is 75.4 cm³/mol. The third-order valence-corrected chi connectivity index (χ3v) is 3.06. The largest absolute Gasteiger partial charge is 0.355 e. The first-order valence-electron chi connectivity index (χ1n) is 6.33. The summed E-state index contributed by atoms with van der Waals surface area (Å²) in [6.07, 6.45) is 0.347. The molecule has 96 valence electrons. The molecule has 0 aromatic heterocycles. The first-order chi connectivity index (χ1) is 9.20. The third-order valence-electron chi connectivity index (χ3n) is 3.06. The molecule has 2 rings (SSSR count). The van der Waals surface area contributed by atoms with E-state index in [9.17, 15) is 4.79 Å². The Kier molecular flexibility index (Phi) is 4.15. The van der Waals surface area contributed by atoms with Crippen LogP contribution in [0.3, 0.4) is 0 Å². The molecule has 19 heavy (non-hydrogen) atoms. The average Bonchev–Trinajstić information content (AvgIpc) is 2.45. The van der Waals surface area contributed by atoms with E-state index < -0.39 is 0 Å². The van der Waals surface area contributed by atoms with E-state index in [0.717, 1.165) is 16.3 Å². The average molecular weight is 252 g/mol. The summed E-state index contributed by atoms with van der Waals surface area (Å²) in [4.78, 5) is 11.9. The van der Waals surface area contributed by atoms with Gasteiger partial charge in [0.15, 0.2) is 0 Å². The molecule has 0 fully saturated rings. The van der Waals surface area contributed by atoms with Crippen molar-refractivity contribution in [3.05, 3.63) is 48.0 Å². The predicted octanol–water partition coefficient (Wildman–Crippen LogP) is 2.66. The lowest BCUT2D eigenvalue weighted by Gasteiger charge is -2.08. The van der Waals surface area contributed by atoms with Crippen molar-refractivity contribution in [2.75, 3.05) is 6.54 Å². The number of carbonyl (C=O) groups is 1. The fourth-order valence-corrected chi connectivity index (χ4v) is 1.99. The Bertz CT molecular complexity index is 623. The Morgan fingerprint density at radius 3 is 2.79 bits per heavy atom. The number of benzene rings is 2. The number of rotatable bonds is 4. The van der Waals surface area contributed by atoms with Crippen molar-refractivity contribution in [3.63, 3.8) is 0 Å². The minimum Gasteiger partial charge on any atom is -0.355 e. The van der Waals surface area contributed by atoms with E-state index in [1.807, 2.05) is 42.5 Å². The van der Waals surface area contributed by atoms with Crippen molar-refractivity contribution in [3.8, 4) is 6.07 Å². The monoisotopic (exact) mass is 252 g/mol. The highest BCUT2D eigenvalue weighted by Gasteiger charge is 2.07. The fourth-order valence-electron chi connectivity index (χ4n) is 1.99. The van der Waals surface area contributed by atoms with E-state index in [4.69, 9.17) is 5.26 Å². The molecule has 1 N–H and O–H groups in total. The summed E-state index contributed by atoms with van der Waals surface area (Å²) in [5.74, 6) is -0.199. The lowest BCUT2D eigenvalue weighted by atomic mass is 10.0. The summed E-state index contributed by atoms with van der Waals surface area (Å²) < 4.78 is 0. The Balaban J connectivity index is 2.09. The van der Waals surface area contributed by atoms with Gasteiger partial charge in [-0.3, -0.25) is 4.79 Å². The Labute approximate surface area is 112 Å². The molecular formula is C16H16N2O. The molecule has 0 aliphatic carbocycles. The third kappa shape index (κ3) is 3.32. The fraction of sp³-hybridized carbons (Fsp3) is 0.250. The van der Waals surface area contributed by atoms with Crippen LogP contribution in [0.1, 0.15) is 12.5 Å². The van der Waals surface area contributed by atoms with Crippen LogP contribution in [0.25, 0.3) is 10.8 Å². The molecule has 0 spiro atoms. The molecule has 1 unspecified atom stereocenters. The maximum atomic E-state index is 11.9. The highest BCUT2D eigenvalue weighted by Crippen LogP contribution is 2.18. The molecule has 0 heterocycles. The van der Waals surface area contributed by atoms with Crippen LogP contribution in [0.15, 0.2) is 42.5 Å². The van der Waals surface area contributed by atoms with E-state index in [1.54, 1.807) is 6.92 Å². The molecule has 3 heteroatoms. The van der Waals surface area contributed by atoms with Gasteiger partial charge in [0, 0.05) is 6.54 Å². The van der Waals surface area contributed by atoms with Crippen LogP contribution in [-0.4, -0.2) is 12.5 Å². The molecule has 3 nitrogen and oxygen atoms in total. The SMILES string of the molecule is CC(C#N)CNC(=O)Cc1cccc2ccccc12. The zero-order valence-corrected chi connectivity index (χ0v) is 10.9. The molecule has 2 aromatic rings. The Hall–Kier alpha value is -2.34. The number of hydrogen-bond acceptors (Lipinski definition) is 2. The van der Waals surface area contributed by atoms with Crippen molar-refractivity contribution in [1.29, 1.82) is 5.26 Å². The molecule has 0 bridgehead atoms. The van der Waals surface area contributed by atoms with Gasteiger partial charge in [-0.25, -0.2) is 0 Å². The van der Waals surface area contributed by atoms with Crippen LogP contribution in [0.2, 0.25) is 0 Å². The van der Waals surface area contributed by atoms with Gasteiger partial charge in [0.05, 0.1) is 18.4 Å². The van der Waals surface area contributed by atoms with Crippen molar-refractivity contribution in [2.24, 2.45) is 5.92 Å². The normalized spacial score (nSPS) is 11.8. The second-order valence-electron chi connectivity index (χ2n) is 4.65. The molecule has 1 atom stereocenters. The molecule has 0 radical (unpaired) electrons. The minimum atomic E-state index is -0.156. The number of nitrogens with one attached hydrogen (secondary N) is 1. The molecule has 0 saturated carbocycles. The van der Waals surface area contributed by atoms with Gasteiger partial charge in [-0.2, -0.15) is 5.26 Å². The summed E-state index contributed by atoms with van der Waals surface area (Å²) in [6.45, 7) is 2.19. The molecule has 2 aromatic carbocycles. The summed E-state index contributed by atoms with van der Waals surface area (Å²) >= 11 is 0. The highest BCUT2D eigenvalue weighted by molar-refractivity contribution is 5.90. The number of fused-ring (bicyclic) bond motifs is 1. The van der Waals surface area contributed by atoms with Crippen molar-refractivity contribution in [2.45, 2.75) is 13.3 Å². The van der Waals surface area contributed by atoms with Gasteiger partial charge in [0.25, 0.3) is 0 Å². The van der Waals surface area contributed by atoms with Crippen molar-refractivity contribution < 1.29 is 4.79 Å². The molecule has 0 saturated heterocycles. The van der Waals surface area contributed by atoms with Crippen LogP contribution < -0.4 is 5.32 Å². The van der Waals surface area contributed by atoms with Gasteiger partial charge in [0.1, 0.15) is 0 Å². The number of nitriles is 1. The summed E-state index contributed by atoms with van der Waals surface area (Å²) in [5.41, 5.74) is 1.01. The van der Waals surface area contributed by atoms with Crippen LogP contribution in [-0.2, 0) is 11.2 Å². The second kappa shape index (κ2) is 6.01. The maximum Gasteiger partial charge on any atom is 0.224 e. The van der Waals surface area contributed by atoms with E-state index in [0.29, 0.717) is 13.0 Å². The quantitative estimate of drug-likeness (QED) is 0.909. The van der Waals surface area contributed by atoms with Gasteiger partial charge >= 0.3 is 0 Å². The molecule has 1 amide bonds. The number of nitrogens with zero attached hydrogens (tertiary/aromatic N) is 1. The first kappa shape index (κ1) is 13.1. The zero-order chi connectivity index (χ0) is 13.7. The van der Waals surface area contributed by atoms with E-state index >= 15 is 0 Å². The van der Waals surface area contributed by atoms with E-state index in [-0.39, 0.29) is 11.8 Å². The zero-order valence-electron chi connectivity index (χ0n) is 10.9. The van der Waals surface area contributed by atoms with E-state index in [2.05, 4.69) is 11.4 Å². The summed E-state index contributed by atoms with van der Waals surface area (Å²) in [7, 11) is 0. The van der Waals surface area contributed by atoms with Crippen LogP contribution in [0.5, 0.6) is 0 Å². The first-order valence-corrected chi connectivity index (χ1v) is 6.33. The van der Waals surface area contributed by atoms with Crippen LogP contribution in [0.4, 0.5) is 0 Å². The maximum absolute atomic E-state index is 11.9. The number of amides is 1. The topological polar surface area (TPSA) is 52.9 Å². The van der Waals surface area contributed by atoms with Crippen LogP contribution in [0, 0.1) is 17.2 Å². The van der Waals surface area contributed by atoms with Gasteiger partial charge in [-0.1, -0.05) is 42.5 Å². The van der Waals surface area contributed by atoms with Crippen molar-refractivity contribution in [1.82, 2.24) is 5.32 Å².